The minimum atomic E-state index is -0.0527. The molecule has 1 saturated heterocycles. The van der Waals surface area contributed by atoms with Crippen molar-refractivity contribution in [2.24, 2.45) is 0 Å². The molecule has 6 nitrogen and oxygen atoms in total. The Kier molecular flexibility index (Phi) is 5.42. The largest absolute Gasteiger partial charge is 0.472 e. The number of amides is 2. The van der Waals surface area contributed by atoms with Crippen molar-refractivity contribution in [3.63, 3.8) is 0 Å². The van der Waals surface area contributed by atoms with E-state index in [2.05, 4.69) is 4.98 Å². The van der Waals surface area contributed by atoms with Crippen LogP contribution in [-0.2, 0) is 0 Å². The molecule has 0 atom stereocenters. The van der Waals surface area contributed by atoms with Crippen molar-refractivity contribution in [3.05, 3.63) is 78.0 Å². The van der Waals surface area contributed by atoms with E-state index >= 15 is 0 Å². The van der Waals surface area contributed by atoms with Crippen molar-refractivity contribution in [1.29, 1.82) is 0 Å². The Morgan fingerprint density at radius 2 is 1.62 bits per heavy atom. The van der Waals surface area contributed by atoms with Crippen LogP contribution in [0, 0.1) is 6.92 Å². The summed E-state index contributed by atoms with van der Waals surface area (Å²) in [5.74, 6) is -0.0571. The molecule has 2 aromatic heterocycles. The predicted octanol–water partition coefficient (Wildman–Crippen LogP) is 3.64. The highest BCUT2D eigenvalue weighted by Crippen LogP contribution is 2.22. The molecule has 1 aliphatic heterocycles. The maximum atomic E-state index is 13.1. The number of carbonyl (C=O) groups is 2. The zero-order valence-corrected chi connectivity index (χ0v) is 16.4. The van der Waals surface area contributed by atoms with Gasteiger partial charge in [-0.15, -0.1) is 0 Å². The Morgan fingerprint density at radius 3 is 2.31 bits per heavy atom. The lowest BCUT2D eigenvalue weighted by Crippen LogP contribution is -2.37. The van der Waals surface area contributed by atoms with E-state index in [1.54, 1.807) is 17.2 Å². The maximum Gasteiger partial charge on any atom is 0.257 e. The van der Waals surface area contributed by atoms with E-state index in [1.807, 2.05) is 48.2 Å². The fourth-order valence-corrected chi connectivity index (χ4v) is 3.63. The van der Waals surface area contributed by atoms with Crippen molar-refractivity contribution in [2.75, 3.05) is 26.2 Å². The van der Waals surface area contributed by atoms with Gasteiger partial charge in [0.25, 0.3) is 11.8 Å². The minimum absolute atomic E-state index is 0.00441. The highest BCUT2D eigenvalue weighted by atomic mass is 16.3. The number of rotatable bonds is 3. The zero-order valence-electron chi connectivity index (χ0n) is 16.4. The first-order chi connectivity index (χ1) is 14.1. The summed E-state index contributed by atoms with van der Waals surface area (Å²) in [5, 5.41) is 0. The Hall–Kier alpha value is -3.41. The van der Waals surface area contributed by atoms with Crippen molar-refractivity contribution in [1.82, 2.24) is 14.8 Å². The van der Waals surface area contributed by atoms with Gasteiger partial charge in [-0.1, -0.05) is 12.1 Å². The monoisotopic (exact) mass is 389 g/mol. The van der Waals surface area contributed by atoms with E-state index in [9.17, 15) is 9.59 Å². The molecule has 4 rings (SSSR count). The second kappa shape index (κ2) is 8.31. The molecule has 0 unspecified atom stereocenters. The molecule has 3 aromatic rings. The van der Waals surface area contributed by atoms with E-state index in [-0.39, 0.29) is 11.8 Å². The number of aryl methyl sites for hydroxylation is 1. The van der Waals surface area contributed by atoms with Gasteiger partial charge in [0.05, 0.1) is 11.8 Å². The SMILES string of the molecule is Cc1cc(-c2cccc(C(=O)N3CCCN(C(=O)c4ccoc4)CC3)c2)ccn1. The van der Waals surface area contributed by atoms with Crippen LogP contribution in [0.4, 0.5) is 0 Å². The summed E-state index contributed by atoms with van der Waals surface area (Å²) in [4.78, 5) is 33.5. The van der Waals surface area contributed by atoms with Gasteiger partial charge in [-0.05, 0) is 54.8 Å². The van der Waals surface area contributed by atoms with E-state index < -0.39 is 0 Å². The lowest BCUT2D eigenvalue weighted by atomic mass is 10.0. The summed E-state index contributed by atoms with van der Waals surface area (Å²) >= 11 is 0. The van der Waals surface area contributed by atoms with Crippen molar-refractivity contribution < 1.29 is 14.0 Å². The van der Waals surface area contributed by atoms with Gasteiger partial charge < -0.3 is 14.2 Å². The number of nitrogens with zero attached hydrogens (tertiary/aromatic N) is 3. The molecule has 1 aliphatic rings. The van der Waals surface area contributed by atoms with E-state index in [0.717, 1.165) is 23.2 Å². The van der Waals surface area contributed by atoms with Crippen LogP contribution in [0.3, 0.4) is 0 Å². The number of hydrogen-bond donors (Lipinski definition) is 0. The summed E-state index contributed by atoms with van der Waals surface area (Å²) in [6.07, 6.45) is 5.48. The van der Waals surface area contributed by atoms with Crippen LogP contribution in [0.25, 0.3) is 11.1 Å². The highest BCUT2D eigenvalue weighted by molar-refractivity contribution is 5.96. The van der Waals surface area contributed by atoms with Crippen LogP contribution in [-0.4, -0.2) is 52.8 Å². The Labute approximate surface area is 169 Å². The minimum Gasteiger partial charge on any atom is -0.472 e. The van der Waals surface area contributed by atoms with E-state index in [1.165, 1.54) is 12.5 Å². The van der Waals surface area contributed by atoms with Gasteiger partial charge in [0.15, 0.2) is 0 Å². The normalized spacial score (nSPS) is 14.5. The van der Waals surface area contributed by atoms with Crippen LogP contribution < -0.4 is 0 Å². The van der Waals surface area contributed by atoms with Crippen molar-refractivity contribution in [3.8, 4) is 11.1 Å². The zero-order chi connectivity index (χ0) is 20.2. The molecular weight excluding hydrogens is 366 g/mol. The standard InChI is InChI=1S/C23H23N3O3/c1-17-14-19(6-8-24-17)18-4-2-5-20(15-18)22(27)25-9-3-10-26(12-11-25)23(28)21-7-13-29-16-21/h2,4-8,13-16H,3,9-12H2,1H3. The molecule has 148 valence electrons. The highest BCUT2D eigenvalue weighted by Gasteiger charge is 2.24. The molecule has 0 spiro atoms. The average molecular weight is 389 g/mol. The third-order valence-corrected chi connectivity index (χ3v) is 5.18. The number of furan rings is 1. The Morgan fingerprint density at radius 1 is 0.897 bits per heavy atom. The summed E-state index contributed by atoms with van der Waals surface area (Å²) in [5.41, 5.74) is 4.18. The molecule has 2 amide bonds. The molecule has 3 heterocycles. The Bertz CT molecular complexity index is 1010. The number of hydrogen-bond acceptors (Lipinski definition) is 4. The van der Waals surface area contributed by atoms with Gasteiger partial charge in [0, 0.05) is 43.6 Å². The third kappa shape index (κ3) is 4.21. The van der Waals surface area contributed by atoms with Gasteiger partial charge in [0.2, 0.25) is 0 Å². The number of pyridine rings is 1. The first kappa shape index (κ1) is 18.9. The van der Waals surface area contributed by atoms with E-state index in [0.29, 0.717) is 37.3 Å². The quantitative estimate of drug-likeness (QED) is 0.686. The number of carbonyl (C=O) groups excluding carboxylic acids is 2. The average Bonchev–Trinajstić information content (AvgIpc) is 3.17. The predicted molar refractivity (Wildman–Crippen MR) is 110 cm³/mol. The lowest BCUT2D eigenvalue weighted by molar-refractivity contribution is 0.0718. The van der Waals surface area contributed by atoms with Crippen LogP contribution in [0.1, 0.15) is 32.8 Å². The molecular formula is C23H23N3O3. The third-order valence-electron chi connectivity index (χ3n) is 5.18. The smallest absolute Gasteiger partial charge is 0.257 e. The van der Waals surface area contributed by atoms with E-state index in [4.69, 9.17) is 4.42 Å². The fraction of sp³-hybridized carbons (Fsp3) is 0.261. The van der Waals surface area contributed by atoms with Crippen LogP contribution >= 0.6 is 0 Å². The molecule has 0 radical (unpaired) electrons. The summed E-state index contributed by atoms with van der Waals surface area (Å²) < 4.78 is 5.01. The second-order valence-corrected chi connectivity index (χ2v) is 7.22. The topological polar surface area (TPSA) is 66.7 Å². The summed E-state index contributed by atoms with van der Waals surface area (Å²) in [6, 6.07) is 13.3. The molecule has 1 fully saturated rings. The van der Waals surface area contributed by atoms with Crippen LogP contribution in [0.2, 0.25) is 0 Å². The van der Waals surface area contributed by atoms with Crippen molar-refractivity contribution in [2.45, 2.75) is 13.3 Å². The van der Waals surface area contributed by atoms with Gasteiger partial charge in [0.1, 0.15) is 6.26 Å². The molecule has 0 bridgehead atoms. The summed E-state index contributed by atoms with van der Waals surface area (Å²) in [7, 11) is 0. The van der Waals surface area contributed by atoms with Crippen molar-refractivity contribution >= 4 is 11.8 Å². The van der Waals surface area contributed by atoms with Crippen LogP contribution in [0.5, 0.6) is 0 Å². The molecule has 29 heavy (non-hydrogen) atoms. The van der Waals surface area contributed by atoms with Crippen LogP contribution in [0.15, 0.2) is 65.6 Å². The molecule has 1 aromatic carbocycles. The number of benzene rings is 1. The molecule has 0 aliphatic carbocycles. The first-order valence-corrected chi connectivity index (χ1v) is 9.75. The fourth-order valence-electron chi connectivity index (χ4n) is 3.63. The first-order valence-electron chi connectivity index (χ1n) is 9.75. The van der Waals surface area contributed by atoms with Gasteiger partial charge >= 0.3 is 0 Å². The van der Waals surface area contributed by atoms with Gasteiger partial charge in [-0.2, -0.15) is 0 Å². The maximum absolute atomic E-state index is 13.1. The summed E-state index contributed by atoms with van der Waals surface area (Å²) in [6.45, 7) is 4.24. The number of aromatic nitrogens is 1. The Balaban J connectivity index is 1.47. The molecule has 6 heteroatoms. The second-order valence-electron chi connectivity index (χ2n) is 7.22. The molecule has 0 N–H and O–H groups in total. The van der Waals surface area contributed by atoms with Gasteiger partial charge in [-0.3, -0.25) is 14.6 Å². The van der Waals surface area contributed by atoms with Gasteiger partial charge in [-0.25, -0.2) is 0 Å². The lowest BCUT2D eigenvalue weighted by Gasteiger charge is -2.22. The molecule has 0 saturated carbocycles.